The summed E-state index contributed by atoms with van der Waals surface area (Å²) < 4.78 is 0. The highest BCUT2D eigenvalue weighted by Crippen LogP contribution is 2.25. The summed E-state index contributed by atoms with van der Waals surface area (Å²) in [6.07, 6.45) is 23.4. The second-order valence-corrected chi connectivity index (χ2v) is 7.27. The van der Waals surface area contributed by atoms with Gasteiger partial charge in [-0.05, 0) is 37.5 Å². The van der Waals surface area contributed by atoms with Crippen LogP contribution in [0.3, 0.4) is 0 Å². The summed E-state index contributed by atoms with van der Waals surface area (Å²) in [4.78, 5) is 0. The molecule has 0 aliphatic heterocycles. The van der Waals surface area contributed by atoms with Crippen molar-refractivity contribution in [1.82, 2.24) is 0 Å². The van der Waals surface area contributed by atoms with Crippen LogP contribution in [0.25, 0.3) is 0 Å². The molecule has 130 valence electrons. The molecule has 0 unspecified atom stereocenters. The van der Waals surface area contributed by atoms with Crippen molar-refractivity contribution < 1.29 is 0 Å². The fraction of sp³-hybridized carbons (Fsp3) is 0.818. The largest absolute Gasteiger partial charge is 0.103 e. The molecule has 0 aliphatic carbocycles. The summed E-state index contributed by atoms with van der Waals surface area (Å²) in [5.41, 5.74) is 0. The van der Waals surface area contributed by atoms with Gasteiger partial charge in [0.25, 0.3) is 0 Å². The Morgan fingerprint density at radius 1 is 0.591 bits per heavy atom. The van der Waals surface area contributed by atoms with Crippen molar-refractivity contribution in [3.63, 3.8) is 0 Å². The number of allylic oxidation sites excluding steroid dienone is 2. The molecule has 0 heteroatoms. The van der Waals surface area contributed by atoms with Crippen molar-refractivity contribution in [3.05, 3.63) is 25.3 Å². The number of hydrogen-bond acceptors (Lipinski definition) is 0. The van der Waals surface area contributed by atoms with E-state index in [1.807, 2.05) is 12.2 Å². The van der Waals surface area contributed by atoms with Crippen LogP contribution in [-0.2, 0) is 0 Å². The van der Waals surface area contributed by atoms with Crippen LogP contribution in [0, 0.1) is 11.8 Å². The molecular weight excluding hydrogens is 264 g/mol. The predicted octanol–water partition coefficient (Wildman–Crippen LogP) is 8.09. The van der Waals surface area contributed by atoms with E-state index in [4.69, 9.17) is 0 Å². The molecule has 0 saturated heterocycles. The lowest BCUT2D eigenvalue weighted by molar-refractivity contribution is 0.313. The van der Waals surface area contributed by atoms with Crippen molar-refractivity contribution in [2.45, 2.75) is 104 Å². The Kier molecular flexibility index (Phi) is 16.4. The SMILES string of the molecule is C=CCCCCCCCC(CCCCCCCC=C)C(C)C. The molecule has 0 aromatic rings. The third-order valence-corrected chi connectivity index (χ3v) is 4.91. The van der Waals surface area contributed by atoms with Gasteiger partial charge in [0.15, 0.2) is 0 Å². The molecule has 0 rings (SSSR count). The van der Waals surface area contributed by atoms with Crippen molar-refractivity contribution in [1.29, 1.82) is 0 Å². The average molecular weight is 307 g/mol. The highest BCUT2D eigenvalue weighted by molar-refractivity contribution is 4.67. The van der Waals surface area contributed by atoms with Crippen LogP contribution < -0.4 is 0 Å². The maximum absolute atomic E-state index is 3.79. The molecule has 0 spiro atoms. The summed E-state index contributed by atoms with van der Waals surface area (Å²) >= 11 is 0. The molecule has 0 atom stereocenters. The van der Waals surface area contributed by atoms with Crippen LogP contribution in [0.4, 0.5) is 0 Å². The van der Waals surface area contributed by atoms with E-state index in [-0.39, 0.29) is 0 Å². The summed E-state index contributed by atoms with van der Waals surface area (Å²) in [6, 6.07) is 0. The standard InChI is InChI=1S/C22H42/c1-5-7-9-11-13-15-17-19-22(21(3)4)20-18-16-14-12-10-8-6-2/h5-6,21-22H,1-2,7-20H2,3-4H3. The fourth-order valence-electron chi connectivity index (χ4n) is 3.26. The van der Waals surface area contributed by atoms with Crippen molar-refractivity contribution in [2.75, 3.05) is 0 Å². The summed E-state index contributed by atoms with van der Waals surface area (Å²) in [5.74, 6) is 1.82. The van der Waals surface area contributed by atoms with Crippen molar-refractivity contribution in [2.24, 2.45) is 11.8 Å². The Morgan fingerprint density at radius 3 is 1.32 bits per heavy atom. The molecule has 0 amide bonds. The van der Waals surface area contributed by atoms with Crippen molar-refractivity contribution in [3.8, 4) is 0 Å². The quantitative estimate of drug-likeness (QED) is 0.188. The molecule has 0 bridgehead atoms. The van der Waals surface area contributed by atoms with Crippen LogP contribution in [0.2, 0.25) is 0 Å². The summed E-state index contributed by atoms with van der Waals surface area (Å²) in [5, 5.41) is 0. The maximum Gasteiger partial charge on any atom is -0.0353 e. The van der Waals surface area contributed by atoms with Gasteiger partial charge < -0.3 is 0 Å². The number of unbranched alkanes of at least 4 members (excludes halogenated alkanes) is 10. The van der Waals surface area contributed by atoms with Crippen LogP contribution in [-0.4, -0.2) is 0 Å². The van der Waals surface area contributed by atoms with Gasteiger partial charge in [0.1, 0.15) is 0 Å². The van der Waals surface area contributed by atoms with Gasteiger partial charge in [0.05, 0.1) is 0 Å². The Labute approximate surface area is 141 Å². The normalized spacial score (nSPS) is 11.3. The first-order valence-corrected chi connectivity index (χ1v) is 9.94. The van der Waals surface area contributed by atoms with Gasteiger partial charge in [0.2, 0.25) is 0 Å². The van der Waals surface area contributed by atoms with Gasteiger partial charge in [-0.15, -0.1) is 13.2 Å². The smallest absolute Gasteiger partial charge is 0.0353 e. The molecule has 0 aromatic heterocycles. The minimum absolute atomic E-state index is 0.863. The molecule has 0 heterocycles. The molecule has 0 saturated carbocycles. The van der Waals surface area contributed by atoms with E-state index in [1.165, 1.54) is 89.9 Å². The highest BCUT2D eigenvalue weighted by Gasteiger charge is 2.12. The fourth-order valence-corrected chi connectivity index (χ4v) is 3.26. The van der Waals surface area contributed by atoms with Crippen LogP contribution in [0.1, 0.15) is 104 Å². The predicted molar refractivity (Wildman–Crippen MR) is 103 cm³/mol. The highest BCUT2D eigenvalue weighted by atomic mass is 14.2. The molecule has 0 nitrogen and oxygen atoms in total. The first kappa shape index (κ1) is 21.5. The van der Waals surface area contributed by atoms with E-state index >= 15 is 0 Å². The lowest BCUT2D eigenvalue weighted by Crippen LogP contribution is -2.08. The molecule has 0 aliphatic rings. The lowest BCUT2D eigenvalue weighted by Gasteiger charge is -2.20. The first-order valence-electron chi connectivity index (χ1n) is 9.94. The topological polar surface area (TPSA) is 0 Å². The van der Waals surface area contributed by atoms with Crippen LogP contribution in [0.5, 0.6) is 0 Å². The molecule has 0 N–H and O–H groups in total. The third-order valence-electron chi connectivity index (χ3n) is 4.91. The monoisotopic (exact) mass is 306 g/mol. The van der Waals surface area contributed by atoms with E-state index in [9.17, 15) is 0 Å². The minimum atomic E-state index is 0.863. The lowest BCUT2D eigenvalue weighted by atomic mass is 9.85. The van der Waals surface area contributed by atoms with E-state index < -0.39 is 0 Å². The van der Waals surface area contributed by atoms with Gasteiger partial charge in [-0.1, -0.05) is 90.2 Å². The van der Waals surface area contributed by atoms with Gasteiger partial charge >= 0.3 is 0 Å². The third kappa shape index (κ3) is 14.4. The summed E-state index contributed by atoms with van der Waals surface area (Å²) in [7, 11) is 0. The zero-order valence-corrected chi connectivity index (χ0v) is 15.6. The van der Waals surface area contributed by atoms with Crippen LogP contribution >= 0.6 is 0 Å². The minimum Gasteiger partial charge on any atom is -0.103 e. The van der Waals surface area contributed by atoms with E-state index in [0.717, 1.165) is 11.8 Å². The molecular formula is C22H42. The molecule has 0 aromatic carbocycles. The Bertz CT molecular complexity index is 216. The zero-order valence-electron chi connectivity index (χ0n) is 15.6. The molecule has 0 radical (unpaired) electrons. The van der Waals surface area contributed by atoms with Gasteiger partial charge in [-0.3, -0.25) is 0 Å². The Balaban J connectivity index is 3.52. The number of hydrogen-bond donors (Lipinski definition) is 0. The Morgan fingerprint density at radius 2 is 0.955 bits per heavy atom. The molecule has 22 heavy (non-hydrogen) atoms. The number of rotatable bonds is 17. The Hall–Kier alpha value is -0.520. The first-order chi connectivity index (χ1) is 10.7. The maximum atomic E-state index is 3.79. The van der Waals surface area contributed by atoms with Crippen LogP contribution in [0.15, 0.2) is 25.3 Å². The summed E-state index contributed by atoms with van der Waals surface area (Å²) in [6.45, 7) is 12.4. The van der Waals surface area contributed by atoms with Gasteiger partial charge in [-0.25, -0.2) is 0 Å². The van der Waals surface area contributed by atoms with Crippen molar-refractivity contribution >= 4 is 0 Å². The van der Waals surface area contributed by atoms with E-state index in [1.54, 1.807) is 0 Å². The molecule has 0 fully saturated rings. The van der Waals surface area contributed by atoms with Gasteiger partial charge in [0, 0.05) is 0 Å². The van der Waals surface area contributed by atoms with E-state index in [0.29, 0.717) is 0 Å². The van der Waals surface area contributed by atoms with E-state index in [2.05, 4.69) is 27.0 Å². The second-order valence-electron chi connectivity index (χ2n) is 7.27. The average Bonchev–Trinajstić information content (AvgIpc) is 2.50. The zero-order chi connectivity index (χ0) is 16.5. The second kappa shape index (κ2) is 16.8. The van der Waals surface area contributed by atoms with Gasteiger partial charge in [-0.2, -0.15) is 0 Å².